The van der Waals surface area contributed by atoms with Gasteiger partial charge in [-0.1, -0.05) is 23.2 Å². The van der Waals surface area contributed by atoms with Crippen molar-refractivity contribution < 1.29 is 4.84 Å². The average molecular weight is 261 g/mol. The standard InChI is InChI=1S/C11H14Cl2N2O/c12-9-3-10(13)5-11(4-9)15-2-1-8(6-15)7-16-14/h3-5,8H,1-2,6-7,14H2. The Kier molecular flexibility index (Phi) is 3.92. The van der Waals surface area contributed by atoms with Gasteiger partial charge in [-0.15, -0.1) is 0 Å². The number of hydrogen-bond acceptors (Lipinski definition) is 3. The monoisotopic (exact) mass is 260 g/mol. The highest BCUT2D eigenvalue weighted by molar-refractivity contribution is 6.35. The quantitative estimate of drug-likeness (QED) is 0.850. The third-order valence-electron chi connectivity index (χ3n) is 2.83. The zero-order valence-electron chi connectivity index (χ0n) is 8.83. The molecule has 1 aromatic carbocycles. The van der Waals surface area contributed by atoms with E-state index < -0.39 is 0 Å². The van der Waals surface area contributed by atoms with Crippen molar-refractivity contribution in [3.63, 3.8) is 0 Å². The highest BCUT2D eigenvalue weighted by Gasteiger charge is 2.23. The summed E-state index contributed by atoms with van der Waals surface area (Å²) in [5.74, 6) is 5.57. The second-order valence-electron chi connectivity index (χ2n) is 4.06. The molecule has 1 heterocycles. The van der Waals surface area contributed by atoms with Gasteiger partial charge in [0.2, 0.25) is 0 Å². The molecule has 0 spiro atoms. The van der Waals surface area contributed by atoms with Crippen molar-refractivity contribution in [1.82, 2.24) is 0 Å². The Balaban J connectivity index is 2.08. The predicted octanol–water partition coefficient (Wildman–Crippen LogP) is 2.71. The maximum Gasteiger partial charge on any atom is 0.0724 e. The maximum atomic E-state index is 5.97. The van der Waals surface area contributed by atoms with E-state index in [0.717, 1.165) is 25.2 Å². The van der Waals surface area contributed by atoms with Crippen LogP contribution in [0.15, 0.2) is 18.2 Å². The second-order valence-corrected chi connectivity index (χ2v) is 4.93. The molecule has 1 saturated heterocycles. The molecule has 2 N–H and O–H groups in total. The van der Waals surface area contributed by atoms with Crippen molar-refractivity contribution in [3.8, 4) is 0 Å². The zero-order chi connectivity index (χ0) is 11.5. The molecular formula is C11H14Cl2N2O. The van der Waals surface area contributed by atoms with E-state index in [4.69, 9.17) is 29.1 Å². The highest BCUT2D eigenvalue weighted by Crippen LogP contribution is 2.29. The molecule has 5 heteroatoms. The van der Waals surface area contributed by atoms with E-state index in [2.05, 4.69) is 9.74 Å². The third kappa shape index (κ3) is 2.80. The van der Waals surface area contributed by atoms with E-state index in [0.29, 0.717) is 22.6 Å². The van der Waals surface area contributed by atoms with Crippen molar-refractivity contribution >= 4 is 28.9 Å². The molecule has 0 radical (unpaired) electrons. The first kappa shape index (κ1) is 12.0. The van der Waals surface area contributed by atoms with Gasteiger partial charge in [0.25, 0.3) is 0 Å². The smallest absolute Gasteiger partial charge is 0.0724 e. The van der Waals surface area contributed by atoms with E-state index >= 15 is 0 Å². The first-order valence-electron chi connectivity index (χ1n) is 5.22. The normalized spacial score (nSPS) is 20.4. The number of nitrogens with two attached hydrogens (primary N) is 1. The molecule has 1 aliphatic heterocycles. The van der Waals surface area contributed by atoms with Crippen LogP contribution in [-0.4, -0.2) is 19.7 Å². The highest BCUT2D eigenvalue weighted by atomic mass is 35.5. The van der Waals surface area contributed by atoms with Gasteiger partial charge in [0.1, 0.15) is 0 Å². The van der Waals surface area contributed by atoms with Crippen molar-refractivity contribution in [3.05, 3.63) is 28.2 Å². The van der Waals surface area contributed by atoms with Crippen LogP contribution in [0.3, 0.4) is 0 Å². The Hall–Kier alpha value is -0.480. The van der Waals surface area contributed by atoms with Crippen LogP contribution in [0, 0.1) is 5.92 Å². The van der Waals surface area contributed by atoms with Gasteiger partial charge in [0.05, 0.1) is 6.61 Å². The molecule has 0 aliphatic carbocycles. The van der Waals surface area contributed by atoms with Gasteiger partial charge < -0.3 is 9.74 Å². The summed E-state index contributed by atoms with van der Waals surface area (Å²) in [5, 5.41) is 1.34. The minimum absolute atomic E-state index is 0.489. The van der Waals surface area contributed by atoms with Crippen LogP contribution in [0.5, 0.6) is 0 Å². The van der Waals surface area contributed by atoms with E-state index in [-0.39, 0.29) is 0 Å². The van der Waals surface area contributed by atoms with Crippen LogP contribution in [0.2, 0.25) is 10.0 Å². The molecule has 1 fully saturated rings. The molecule has 1 aromatic rings. The van der Waals surface area contributed by atoms with Crippen LogP contribution in [-0.2, 0) is 4.84 Å². The van der Waals surface area contributed by atoms with E-state index in [1.165, 1.54) is 0 Å². The van der Waals surface area contributed by atoms with Crippen molar-refractivity contribution in [2.45, 2.75) is 6.42 Å². The Morgan fingerprint density at radius 2 is 2.00 bits per heavy atom. The van der Waals surface area contributed by atoms with Gasteiger partial charge >= 0.3 is 0 Å². The van der Waals surface area contributed by atoms with Crippen LogP contribution in [0.1, 0.15) is 6.42 Å². The van der Waals surface area contributed by atoms with Crippen LogP contribution in [0.25, 0.3) is 0 Å². The van der Waals surface area contributed by atoms with Crippen LogP contribution >= 0.6 is 23.2 Å². The summed E-state index contributed by atoms with van der Waals surface area (Å²) in [6.07, 6.45) is 1.08. The van der Waals surface area contributed by atoms with Crippen molar-refractivity contribution in [1.29, 1.82) is 0 Å². The Morgan fingerprint density at radius 3 is 2.62 bits per heavy atom. The first-order chi connectivity index (χ1) is 7.69. The average Bonchev–Trinajstić information content (AvgIpc) is 2.65. The summed E-state index contributed by atoms with van der Waals surface area (Å²) in [7, 11) is 0. The van der Waals surface area contributed by atoms with Gasteiger partial charge in [-0.3, -0.25) is 0 Å². The fourth-order valence-corrected chi connectivity index (χ4v) is 2.58. The number of hydrogen-bond donors (Lipinski definition) is 1. The topological polar surface area (TPSA) is 38.5 Å². The lowest BCUT2D eigenvalue weighted by Gasteiger charge is -2.19. The number of benzene rings is 1. The first-order valence-corrected chi connectivity index (χ1v) is 5.97. The summed E-state index contributed by atoms with van der Waals surface area (Å²) in [6, 6.07) is 5.60. The Labute approximate surface area is 105 Å². The molecule has 0 amide bonds. The SMILES string of the molecule is NOCC1CCN(c2cc(Cl)cc(Cl)c2)C1. The molecule has 0 bridgehead atoms. The lowest BCUT2D eigenvalue weighted by atomic mass is 10.1. The van der Waals surface area contributed by atoms with Crippen LogP contribution < -0.4 is 10.8 Å². The van der Waals surface area contributed by atoms with Gasteiger partial charge in [-0.25, -0.2) is 5.90 Å². The Morgan fingerprint density at radius 1 is 1.31 bits per heavy atom. The number of nitrogens with zero attached hydrogens (tertiary/aromatic N) is 1. The molecular weight excluding hydrogens is 247 g/mol. The largest absolute Gasteiger partial charge is 0.371 e. The van der Waals surface area contributed by atoms with Gasteiger partial charge in [-0.2, -0.15) is 0 Å². The Bertz CT molecular complexity index is 353. The number of rotatable bonds is 3. The molecule has 1 atom stereocenters. The molecule has 88 valence electrons. The number of halogens is 2. The molecule has 1 aliphatic rings. The minimum Gasteiger partial charge on any atom is -0.371 e. The zero-order valence-corrected chi connectivity index (χ0v) is 10.3. The second kappa shape index (κ2) is 5.23. The van der Waals surface area contributed by atoms with Gasteiger partial charge in [0, 0.05) is 34.7 Å². The molecule has 0 saturated carbocycles. The van der Waals surface area contributed by atoms with Crippen molar-refractivity contribution in [2.75, 3.05) is 24.6 Å². The summed E-state index contributed by atoms with van der Waals surface area (Å²) in [4.78, 5) is 6.93. The van der Waals surface area contributed by atoms with E-state index in [1.54, 1.807) is 6.07 Å². The predicted molar refractivity (Wildman–Crippen MR) is 66.9 cm³/mol. The van der Waals surface area contributed by atoms with E-state index in [1.807, 2.05) is 12.1 Å². The maximum absolute atomic E-state index is 5.97. The molecule has 16 heavy (non-hydrogen) atoms. The van der Waals surface area contributed by atoms with E-state index in [9.17, 15) is 0 Å². The molecule has 3 nitrogen and oxygen atoms in total. The third-order valence-corrected chi connectivity index (χ3v) is 3.27. The van der Waals surface area contributed by atoms with Crippen LogP contribution in [0.4, 0.5) is 5.69 Å². The summed E-state index contributed by atoms with van der Waals surface area (Å²) < 4.78 is 0. The van der Waals surface area contributed by atoms with Crippen molar-refractivity contribution in [2.24, 2.45) is 11.8 Å². The lowest BCUT2D eigenvalue weighted by Crippen LogP contribution is -2.21. The molecule has 1 unspecified atom stereocenters. The summed E-state index contributed by atoms with van der Waals surface area (Å²) in [6.45, 7) is 2.53. The number of anilines is 1. The fraction of sp³-hybridized carbons (Fsp3) is 0.455. The van der Waals surface area contributed by atoms with Gasteiger partial charge in [0.15, 0.2) is 0 Å². The summed E-state index contributed by atoms with van der Waals surface area (Å²) >= 11 is 11.9. The summed E-state index contributed by atoms with van der Waals surface area (Å²) in [5.41, 5.74) is 1.07. The van der Waals surface area contributed by atoms with Gasteiger partial charge in [-0.05, 0) is 24.6 Å². The molecule has 2 rings (SSSR count). The molecule has 0 aromatic heterocycles. The minimum atomic E-state index is 0.489. The lowest BCUT2D eigenvalue weighted by molar-refractivity contribution is 0.108. The fourth-order valence-electron chi connectivity index (χ4n) is 2.06.